The third-order valence-electron chi connectivity index (χ3n) is 3.32. The van der Waals surface area contributed by atoms with Crippen LogP contribution in [0.2, 0.25) is 0 Å². The second-order valence-electron chi connectivity index (χ2n) is 4.35. The van der Waals surface area contributed by atoms with Gasteiger partial charge in [-0.05, 0) is 19.4 Å². The molecule has 0 spiro atoms. The number of hydrogen-bond donors (Lipinski definition) is 1. The fraction of sp³-hybridized carbons (Fsp3) is 0.818. The minimum atomic E-state index is -0.261. The van der Waals surface area contributed by atoms with Crippen LogP contribution in [0, 0.1) is 0 Å². The number of nitrogens with zero attached hydrogens (tertiary/aromatic N) is 1. The van der Waals surface area contributed by atoms with Crippen LogP contribution in [0.5, 0.6) is 0 Å². The molecule has 1 atom stereocenters. The van der Waals surface area contributed by atoms with Gasteiger partial charge in [-0.3, -0.25) is 14.5 Å². The maximum absolute atomic E-state index is 11.9. The first kappa shape index (κ1) is 10.6. The maximum Gasteiger partial charge on any atom is 0.247 e. The number of carbonyl (C=O) groups excluding carboxylic acids is 2. The Morgan fingerprint density at radius 1 is 1.33 bits per heavy atom. The minimum Gasteiger partial charge on any atom is -0.306 e. The molecule has 4 nitrogen and oxygen atoms in total. The highest BCUT2D eigenvalue weighted by molar-refractivity contribution is 6.05. The van der Waals surface area contributed by atoms with E-state index in [1.165, 1.54) is 4.90 Å². The smallest absolute Gasteiger partial charge is 0.247 e. The van der Waals surface area contributed by atoms with Crippen molar-refractivity contribution >= 4 is 11.8 Å². The molecule has 2 amide bonds. The Hall–Kier alpha value is -0.900. The monoisotopic (exact) mass is 210 g/mol. The summed E-state index contributed by atoms with van der Waals surface area (Å²) in [6, 6.07) is -0.0724. The Labute approximate surface area is 90.0 Å². The molecule has 2 fully saturated rings. The van der Waals surface area contributed by atoms with Crippen LogP contribution in [0.25, 0.3) is 0 Å². The quantitative estimate of drug-likeness (QED) is 0.696. The molecule has 1 aliphatic heterocycles. The zero-order valence-corrected chi connectivity index (χ0v) is 9.16. The lowest BCUT2D eigenvalue weighted by Gasteiger charge is -2.22. The van der Waals surface area contributed by atoms with E-state index in [1.54, 1.807) is 0 Å². The summed E-state index contributed by atoms with van der Waals surface area (Å²) in [4.78, 5) is 25.2. The van der Waals surface area contributed by atoms with Crippen molar-refractivity contribution in [3.63, 3.8) is 0 Å². The zero-order valence-electron chi connectivity index (χ0n) is 9.16. The summed E-state index contributed by atoms with van der Waals surface area (Å²) < 4.78 is 0. The van der Waals surface area contributed by atoms with Crippen LogP contribution in [-0.4, -0.2) is 35.3 Å². The maximum atomic E-state index is 11.9. The highest BCUT2D eigenvalue weighted by atomic mass is 16.2. The predicted molar refractivity (Wildman–Crippen MR) is 56.2 cm³/mol. The molecule has 1 unspecified atom stereocenters. The molecule has 15 heavy (non-hydrogen) atoms. The van der Waals surface area contributed by atoms with Crippen LogP contribution in [0.1, 0.15) is 39.0 Å². The SMILES string of the molecule is CCNC1CC(=O)N(C2CCCC2)C1=O. The summed E-state index contributed by atoms with van der Waals surface area (Å²) in [5.74, 6) is 0.00611. The van der Waals surface area contributed by atoms with Crippen molar-refractivity contribution in [2.45, 2.75) is 51.1 Å². The van der Waals surface area contributed by atoms with Crippen LogP contribution >= 0.6 is 0 Å². The Bertz CT molecular complexity index is 272. The van der Waals surface area contributed by atoms with Crippen LogP contribution in [0.3, 0.4) is 0 Å². The molecule has 1 heterocycles. The summed E-state index contributed by atoms with van der Waals surface area (Å²) in [5.41, 5.74) is 0. The number of amides is 2. The highest BCUT2D eigenvalue weighted by Gasteiger charge is 2.42. The average Bonchev–Trinajstić information content (AvgIpc) is 2.77. The summed E-state index contributed by atoms with van der Waals surface area (Å²) in [6.45, 7) is 2.69. The number of rotatable bonds is 3. The molecule has 0 aromatic rings. The zero-order chi connectivity index (χ0) is 10.8. The molecule has 2 rings (SSSR count). The fourth-order valence-corrected chi connectivity index (χ4v) is 2.60. The molecule has 84 valence electrons. The molecular weight excluding hydrogens is 192 g/mol. The summed E-state index contributed by atoms with van der Waals surface area (Å²) in [5, 5.41) is 3.07. The molecule has 0 bridgehead atoms. The van der Waals surface area contributed by atoms with E-state index in [-0.39, 0.29) is 23.9 Å². The standard InChI is InChI=1S/C11H18N2O2/c1-2-12-9-7-10(14)13(11(9)15)8-5-3-4-6-8/h8-9,12H,2-7H2,1H3. The van der Waals surface area contributed by atoms with Gasteiger partial charge in [0.2, 0.25) is 11.8 Å². The van der Waals surface area contributed by atoms with Crippen molar-refractivity contribution in [2.24, 2.45) is 0 Å². The lowest BCUT2D eigenvalue weighted by atomic mass is 10.2. The fourth-order valence-electron chi connectivity index (χ4n) is 2.60. The molecule has 1 N–H and O–H groups in total. The third kappa shape index (κ3) is 1.91. The number of hydrogen-bond acceptors (Lipinski definition) is 3. The summed E-state index contributed by atoms with van der Waals surface area (Å²) in [6.07, 6.45) is 4.64. The highest BCUT2D eigenvalue weighted by Crippen LogP contribution is 2.27. The van der Waals surface area contributed by atoms with Gasteiger partial charge in [0.05, 0.1) is 12.5 Å². The van der Waals surface area contributed by atoms with Gasteiger partial charge in [-0.1, -0.05) is 19.8 Å². The Morgan fingerprint density at radius 3 is 2.60 bits per heavy atom. The first-order chi connectivity index (χ1) is 7.24. The van der Waals surface area contributed by atoms with Crippen LogP contribution in [0.15, 0.2) is 0 Å². The van der Waals surface area contributed by atoms with E-state index in [2.05, 4.69) is 5.32 Å². The van der Waals surface area contributed by atoms with E-state index in [1.807, 2.05) is 6.92 Å². The Balaban J connectivity index is 2.05. The minimum absolute atomic E-state index is 0.00579. The van der Waals surface area contributed by atoms with E-state index in [0.29, 0.717) is 6.42 Å². The van der Waals surface area contributed by atoms with Crippen LogP contribution in [0.4, 0.5) is 0 Å². The topological polar surface area (TPSA) is 49.4 Å². The van der Waals surface area contributed by atoms with E-state index in [0.717, 1.165) is 32.2 Å². The second-order valence-corrected chi connectivity index (χ2v) is 4.35. The molecular formula is C11H18N2O2. The third-order valence-corrected chi connectivity index (χ3v) is 3.32. The van der Waals surface area contributed by atoms with Gasteiger partial charge < -0.3 is 5.32 Å². The largest absolute Gasteiger partial charge is 0.306 e. The van der Waals surface area contributed by atoms with Gasteiger partial charge in [0.1, 0.15) is 0 Å². The van der Waals surface area contributed by atoms with Crippen LogP contribution in [-0.2, 0) is 9.59 Å². The van der Waals surface area contributed by atoms with E-state index >= 15 is 0 Å². The molecule has 0 radical (unpaired) electrons. The Morgan fingerprint density at radius 2 is 2.00 bits per heavy atom. The molecule has 0 aromatic heterocycles. The first-order valence-electron chi connectivity index (χ1n) is 5.83. The number of likely N-dealkylation sites (N-methyl/N-ethyl adjacent to an activating group) is 1. The van der Waals surface area contributed by atoms with Crippen molar-refractivity contribution in [1.82, 2.24) is 10.2 Å². The summed E-state index contributed by atoms with van der Waals surface area (Å²) >= 11 is 0. The van der Waals surface area contributed by atoms with Gasteiger partial charge in [0.25, 0.3) is 0 Å². The molecule has 2 aliphatic rings. The number of nitrogens with one attached hydrogen (secondary N) is 1. The van der Waals surface area contributed by atoms with Crippen LogP contribution < -0.4 is 5.32 Å². The number of imide groups is 1. The van der Waals surface area contributed by atoms with Gasteiger partial charge in [0.15, 0.2) is 0 Å². The van der Waals surface area contributed by atoms with Gasteiger partial charge in [-0.2, -0.15) is 0 Å². The molecule has 4 heteroatoms. The number of likely N-dealkylation sites (tertiary alicyclic amines) is 1. The Kier molecular flexibility index (Phi) is 3.05. The van der Waals surface area contributed by atoms with Crippen molar-refractivity contribution in [2.75, 3.05) is 6.54 Å². The normalized spacial score (nSPS) is 28.1. The van der Waals surface area contributed by atoms with Crippen molar-refractivity contribution < 1.29 is 9.59 Å². The van der Waals surface area contributed by atoms with Gasteiger partial charge in [-0.25, -0.2) is 0 Å². The first-order valence-corrected chi connectivity index (χ1v) is 5.83. The molecule has 1 aliphatic carbocycles. The second kappa shape index (κ2) is 4.31. The van der Waals surface area contributed by atoms with Gasteiger partial charge in [-0.15, -0.1) is 0 Å². The lowest BCUT2D eigenvalue weighted by Crippen LogP contribution is -2.42. The predicted octanol–water partition coefficient (Wildman–Crippen LogP) is 0.666. The summed E-state index contributed by atoms with van der Waals surface area (Å²) in [7, 11) is 0. The van der Waals surface area contributed by atoms with Gasteiger partial charge in [0, 0.05) is 6.04 Å². The average molecular weight is 210 g/mol. The van der Waals surface area contributed by atoms with Crippen molar-refractivity contribution in [1.29, 1.82) is 0 Å². The molecule has 1 saturated carbocycles. The van der Waals surface area contributed by atoms with E-state index < -0.39 is 0 Å². The van der Waals surface area contributed by atoms with Crippen molar-refractivity contribution in [3.05, 3.63) is 0 Å². The van der Waals surface area contributed by atoms with Crippen molar-refractivity contribution in [3.8, 4) is 0 Å². The van der Waals surface area contributed by atoms with E-state index in [9.17, 15) is 9.59 Å². The van der Waals surface area contributed by atoms with Gasteiger partial charge >= 0.3 is 0 Å². The molecule has 0 aromatic carbocycles. The number of carbonyl (C=O) groups is 2. The van der Waals surface area contributed by atoms with E-state index in [4.69, 9.17) is 0 Å². The molecule has 1 saturated heterocycles. The lowest BCUT2D eigenvalue weighted by molar-refractivity contribution is -0.141.